The maximum absolute atomic E-state index is 13.8. The molecule has 176 valence electrons. The lowest BCUT2D eigenvalue weighted by Crippen LogP contribution is -2.38. The van der Waals surface area contributed by atoms with Crippen molar-refractivity contribution in [1.29, 1.82) is 5.26 Å². The Morgan fingerprint density at radius 1 is 0.971 bits per heavy atom. The molecule has 1 fully saturated rings. The Kier molecular flexibility index (Phi) is 5.32. The highest BCUT2D eigenvalue weighted by Gasteiger charge is 2.34. The minimum absolute atomic E-state index is 0.212. The average molecular weight is 484 g/mol. The third-order valence-corrected chi connectivity index (χ3v) is 9.08. The second-order valence-electron chi connectivity index (χ2n) is 9.25. The SMILES string of the molecule is N#Cc1ccc(N2CCC(c3ccc4ccccc4c3)C2)c(S(=O)(=O)N2CCn3cncc3C2)c1. The van der Waals surface area contributed by atoms with Crippen LogP contribution in [0.2, 0.25) is 0 Å². The van der Waals surface area contributed by atoms with Gasteiger partial charge in [-0.2, -0.15) is 9.57 Å². The van der Waals surface area contributed by atoms with Crippen molar-refractivity contribution in [2.75, 3.05) is 24.5 Å². The molecule has 8 heteroatoms. The monoisotopic (exact) mass is 483 g/mol. The van der Waals surface area contributed by atoms with Crippen molar-refractivity contribution in [3.05, 3.63) is 90.0 Å². The molecular weight excluding hydrogens is 458 g/mol. The minimum Gasteiger partial charge on any atom is -0.370 e. The number of nitriles is 1. The maximum Gasteiger partial charge on any atom is 0.245 e. The predicted molar refractivity (Wildman–Crippen MR) is 134 cm³/mol. The molecule has 7 nitrogen and oxygen atoms in total. The predicted octanol–water partition coefficient (Wildman–Crippen LogP) is 4.11. The second kappa shape index (κ2) is 8.52. The standard InChI is InChI=1S/C27H25N5O2S/c28-15-20-5-8-26(27(13-20)35(33,34)32-12-11-31-19-29-16-25(31)18-32)30-10-9-24(17-30)23-7-6-21-3-1-2-4-22(21)14-23/h1-8,13-14,16,19,24H,9-12,17-18H2. The highest BCUT2D eigenvalue weighted by atomic mass is 32.2. The Morgan fingerprint density at radius 2 is 1.83 bits per heavy atom. The zero-order valence-corrected chi connectivity index (χ0v) is 20.0. The highest BCUT2D eigenvalue weighted by molar-refractivity contribution is 7.89. The molecule has 0 aliphatic carbocycles. The highest BCUT2D eigenvalue weighted by Crippen LogP contribution is 2.37. The van der Waals surface area contributed by atoms with E-state index in [0.29, 0.717) is 30.3 Å². The summed E-state index contributed by atoms with van der Waals surface area (Å²) < 4.78 is 31.1. The first kappa shape index (κ1) is 21.8. The minimum atomic E-state index is -3.79. The number of benzene rings is 3. The summed E-state index contributed by atoms with van der Waals surface area (Å²) in [7, 11) is -3.79. The first-order valence-electron chi connectivity index (χ1n) is 11.8. The molecule has 0 N–H and O–H groups in total. The number of imidazole rings is 1. The topological polar surface area (TPSA) is 82.2 Å². The first-order chi connectivity index (χ1) is 17.0. The quantitative estimate of drug-likeness (QED) is 0.436. The number of nitrogens with zero attached hydrogens (tertiary/aromatic N) is 5. The summed E-state index contributed by atoms with van der Waals surface area (Å²) in [5.74, 6) is 0.315. The molecule has 0 spiro atoms. The Bertz CT molecular complexity index is 1570. The number of hydrogen-bond donors (Lipinski definition) is 0. The van der Waals surface area contributed by atoms with Crippen LogP contribution < -0.4 is 4.90 Å². The van der Waals surface area contributed by atoms with E-state index in [0.717, 1.165) is 25.2 Å². The fourth-order valence-corrected chi connectivity index (χ4v) is 6.91. The van der Waals surface area contributed by atoms with Crippen molar-refractivity contribution in [2.24, 2.45) is 0 Å². The van der Waals surface area contributed by atoms with Gasteiger partial charge in [0.1, 0.15) is 4.90 Å². The van der Waals surface area contributed by atoms with E-state index in [1.165, 1.54) is 26.7 Å². The van der Waals surface area contributed by atoms with Crippen LogP contribution in [0.3, 0.4) is 0 Å². The lowest BCUT2D eigenvalue weighted by molar-refractivity contribution is 0.341. The van der Waals surface area contributed by atoms with E-state index in [-0.39, 0.29) is 11.4 Å². The Morgan fingerprint density at radius 3 is 2.69 bits per heavy atom. The molecular formula is C27H25N5O2S. The van der Waals surface area contributed by atoms with E-state index in [4.69, 9.17) is 0 Å². The van der Waals surface area contributed by atoms with Crippen LogP contribution in [0, 0.1) is 11.3 Å². The van der Waals surface area contributed by atoms with Gasteiger partial charge in [0.05, 0.1) is 35.9 Å². The Balaban J connectivity index is 1.32. The molecule has 2 aliphatic heterocycles. The summed E-state index contributed by atoms with van der Waals surface area (Å²) in [5.41, 5.74) is 3.16. The number of sulfonamides is 1. The van der Waals surface area contributed by atoms with Crippen LogP contribution in [0.5, 0.6) is 0 Å². The number of anilines is 1. The van der Waals surface area contributed by atoms with Gasteiger partial charge >= 0.3 is 0 Å². The van der Waals surface area contributed by atoms with Gasteiger partial charge in [-0.05, 0) is 41.0 Å². The fourth-order valence-electron chi connectivity index (χ4n) is 5.27. The summed E-state index contributed by atoms with van der Waals surface area (Å²) in [6.07, 6.45) is 4.39. The molecule has 2 aliphatic rings. The van der Waals surface area contributed by atoms with Gasteiger partial charge in [0.2, 0.25) is 10.0 Å². The number of aromatic nitrogens is 2. The van der Waals surface area contributed by atoms with E-state index in [9.17, 15) is 13.7 Å². The number of hydrogen-bond acceptors (Lipinski definition) is 5. The van der Waals surface area contributed by atoms with Crippen molar-refractivity contribution in [3.63, 3.8) is 0 Å². The van der Waals surface area contributed by atoms with Crippen LogP contribution in [0.4, 0.5) is 5.69 Å². The van der Waals surface area contributed by atoms with Crippen LogP contribution in [0.15, 0.2) is 78.1 Å². The van der Waals surface area contributed by atoms with Crippen molar-refractivity contribution >= 4 is 26.5 Å². The largest absolute Gasteiger partial charge is 0.370 e. The van der Waals surface area contributed by atoms with Crippen LogP contribution in [0.25, 0.3) is 10.8 Å². The molecule has 1 unspecified atom stereocenters. The number of rotatable bonds is 4. The lowest BCUT2D eigenvalue weighted by Gasteiger charge is -2.30. The molecule has 4 aromatic rings. The van der Waals surface area contributed by atoms with Crippen LogP contribution in [-0.4, -0.2) is 41.9 Å². The first-order valence-corrected chi connectivity index (χ1v) is 13.2. The lowest BCUT2D eigenvalue weighted by atomic mass is 9.96. The molecule has 0 saturated carbocycles. The molecule has 35 heavy (non-hydrogen) atoms. The van der Waals surface area contributed by atoms with E-state index in [1.807, 2.05) is 10.6 Å². The molecule has 0 radical (unpaired) electrons. The van der Waals surface area contributed by atoms with Crippen molar-refractivity contribution < 1.29 is 8.42 Å². The van der Waals surface area contributed by atoms with E-state index in [1.54, 1.807) is 24.7 Å². The summed E-state index contributed by atoms with van der Waals surface area (Å²) in [6.45, 7) is 2.72. The Hall–Kier alpha value is -3.67. The van der Waals surface area contributed by atoms with E-state index in [2.05, 4.69) is 52.4 Å². The Labute approximate surface area is 204 Å². The normalized spacial score (nSPS) is 18.5. The number of fused-ring (bicyclic) bond motifs is 2. The van der Waals surface area contributed by atoms with Gasteiger partial charge < -0.3 is 9.47 Å². The fraction of sp³-hybridized carbons (Fsp3) is 0.259. The van der Waals surface area contributed by atoms with Crippen LogP contribution in [0.1, 0.15) is 29.2 Å². The van der Waals surface area contributed by atoms with E-state index >= 15 is 0 Å². The summed E-state index contributed by atoms with van der Waals surface area (Å²) in [4.78, 5) is 6.51. The van der Waals surface area contributed by atoms with Gasteiger partial charge in [0, 0.05) is 38.3 Å². The maximum atomic E-state index is 13.8. The van der Waals surface area contributed by atoms with Crippen molar-refractivity contribution in [1.82, 2.24) is 13.9 Å². The molecule has 1 saturated heterocycles. The van der Waals surface area contributed by atoms with Gasteiger partial charge in [-0.1, -0.05) is 42.5 Å². The molecule has 3 heterocycles. The van der Waals surface area contributed by atoms with Gasteiger partial charge in [0.25, 0.3) is 0 Å². The second-order valence-corrected chi connectivity index (χ2v) is 11.2. The zero-order chi connectivity index (χ0) is 24.0. The van der Waals surface area contributed by atoms with Gasteiger partial charge in [-0.25, -0.2) is 13.4 Å². The van der Waals surface area contributed by atoms with Crippen LogP contribution in [-0.2, 0) is 23.1 Å². The molecule has 6 rings (SSSR count). The van der Waals surface area contributed by atoms with Gasteiger partial charge in [-0.15, -0.1) is 0 Å². The van der Waals surface area contributed by atoms with Gasteiger partial charge in [0.15, 0.2) is 0 Å². The summed E-state index contributed by atoms with van der Waals surface area (Å²) in [5, 5.41) is 11.9. The van der Waals surface area contributed by atoms with Crippen molar-refractivity contribution in [2.45, 2.75) is 30.3 Å². The molecule has 0 bridgehead atoms. The molecule has 1 atom stereocenters. The third-order valence-electron chi connectivity index (χ3n) is 7.21. The van der Waals surface area contributed by atoms with Gasteiger partial charge in [-0.3, -0.25) is 0 Å². The van der Waals surface area contributed by atoms with E-state index < -0.39 is 10.0 Å². The molecule has 3 aromatic carbocycles. The molecule has 1 aromatic heterocycles. The zero-order valence-electron chi connectivity index (χ0n) is 19.2. The summed E-state index contributed by atoms with van der Waals surface area (Å²) in [6, 6.07) is 22.1. The average Bonchev–Trinajstić information content (AvgIpc) is 3.57. The smallest absolute Gasteiger partial charge is 0.245 e. The van der Waals surface area contributed by atoms with Crippen LogP contribution >= 0.6 is 0 Å². The van der Waals surface area contributed by atoms with Crippen molar-refractivity contribution in [3.8, 4) is 6.07 Å². The molecule has 0 amide bonds. The summed E-state index contributed by atoms with van der Waals surface area (Å²) >= 11 is 0. The third kappa shape index (κ3) is 3.87.